The third kappa shape index (κ3) is 4.76. The van der Waals surface area contributed by atoms with E-state index in [9.17, 15) is 18.0 Å². The number of carbonyl (C=O) groups excluding carboxylic acids is 1. The van der Waals surface area contributed by atoms with Gasteiger partial charge in [0.2, 0.25) is 5.88 Å². The summed E-state index contributed by atoms with van der Waals surface area (Å²) in [6.07, 6.45) is -4.62. The van der Waals surface area contributed by atoms with E-state index >= 15 is 0 Å². The number of amides is 2. The zero-order valence-electron chi connectivity index (χ0n) is 12.7. The third-order valence-electron chi connectivity index (χ3n) is 2.79. The monoisotopic (exact) mass is 359 g/mol. The standard InChI is InChI=1S/C15H13ClF3N3O2/c1-22(2)14(23)20-10-3-5-11(6-4-10)24-13-8-9(16)7-12(21-13)15(17,18)19/h3-8H,1-2H3,(H,20,23). The van der Waals surface area contributed by atoms with Gasteiger partial charge in [0.05, 0.1) is 0 Å². The highest BCUT2D eigenvalue weighted by molar-refractivity contribution is 6.30. The Morgan fingerprint density at radius 3 is 2.38 bits per heavy atom. The number of hydrogen-bond acceptors (Lipinski definition) is 3. The zero-order chi connectivity index (χ0) is 17.9. The van der Waals surface area contributed by atoms with Crippen molar-refractivity contribution < 1.29 is 22.7 Å². The molecule has 0 fully saturated rings. The number of nitrogens with zero attached hydrogens (tertiary/aromatic N) is 2. The molecular weight excluding hydrogens is 347 g/mol. The molecule has 1 N–H and O–H groups in total. The van der Waals surface area contributed by atoms with E-state index in [1.807, 2.05) is 0 Å². The van der Waals surface area contributed by atoms with Gasteiger partial charge in [-0.25, -0.2) is 9.78 Å². The highest BCUT2D eigenvalue weighted by atomic mass is 35.5. The van der Waals surface area contributed by atoms with E-state index in [2.05, 4.69) is 10.3 Å². The maximum absolute atomic E-state index is 12.7. The molecule has 5 nitrogen and oxygen atoms in total. The second-order valence-electron chi connectivity index (χ2n) is 4.96. The lowest BCUT2D eigenvalue weighted by Gasteiger charge is -2.13. The van der Waals surface area contributed by atoms with Crippen LogP contribution >= 0.6 is 11.6 Å². The molecule has 2 aromatic rings. The Hall–Kier alpha value is -2.48. The number of rotatable bonds is 3. The molecule has 1 aromatic carbocycles. The summed E-state index contributed by atoms with van der Waals surface area (Å²) in [5.74, 6) is -0.0272. The summed E-state index contributed by atoms with van der Waals surface area (Å²) in [7, 11) is 3.19. The second-order valence-corrected chi connectivity index (χ2v) is 5.39. The van der Waals surface area contributed by atoms with E-state index < -0.39 is 11.9 Å². The Balaban J connectivity index is 2.14. The second kappa shape index (κ2) is 6.96. The van der Waals surface area contributed by atoms with E-state index in [0.29, 0.717) is 11.8 Å². The van der Waals surface area contributed by atoms with Crippen LogP contribution in [0.3, 0.4) is 0 Å². The van der Waals surface area contributed by atoms with Crippen LogP contribution in [-0.4, -0.2) is 30.0 Å². The molecule has 128 valence electrons. The minimum atomic E-state index is -4.62. The van der Waals surface area contributed by atoms with Crippen LogP contribution in [0.5, 0.6) is 11.6 Å². The van der Waals surface area contributed by atoms with Crippen molar-refractivity contribution in [3.63, 3.8) is 0 Å². The number of urea groups is 1. The smallest absolute Gasteiger partial charge is 0.433 e. The molecule has 0 aliphatic rings. The van der Waals surface area contributed by atoms with Crippen LogP contribution in [0.1, 0.15) is 5.69 Å². The number of alkyl halides is 3. The fraction of sp³-hybridized carbons (Fsp3) is 0.200. The number of hydrogen-bond donors (Lipinski definition) is 1. The number of anilines is 1. The van der Waals surface area contributed by atoms with E-state index in [1.165, 1.54) is 23.1 Å². The molecule has 1 heterocycles. The molecule has 0 aliphatic carbocycles. The lowest BCUT2D eigenvalue weighted by atomic mass is 10.3. The summed E-state index contributed by atoms with van der Waals surface area (Å²) in [5.41, 5.74) is -0.629. The average molecular weight is 360 g/mol. The normalized spacial score (nSPS) is 11.1. The Labute approximate surface area is 141 Å². The van der Waals surface area contributed by atoms with Crippen LogP contribution in [0, 0.1) is 0 Å². The van der Waals surface area contributed by atoms with Crippen molar-refractivity contribution in [3.05, 3.63) is 47.1 Å². The Bertz CT molecular complexity index is 734. The van der Waals surface area contributed by atoms with E-state index in [1.54, 1.807) is 26.2 Å². The van der Waals surface area contributed by atoms with Crippen molar-refractivity contribution in [2.75, 3.05) is 19.4 Å². The highest BCUT2D eigenvalue weighted by Gasteiger charge is 2.33. The SMILES string of the molecule is CN(C)C(=O)Nc1ccc(Oc2cc(Cl)cc(C(F)(F)F)n2)cc1. The van der Waals surface area contributed by atoms with Crippen molar-refractivity contribution in [3.8, 4) is 11.6 Å². The molecule has 0 spiro atoms. The van der Waals surface area contributed by atoms with Gasteiger partial charge in [-0.1, -0.05) is 11.6 Å². The van der Waals surface area contributed by atoms with Gasteiger partial charge in [0.15, 0.2) is 0 Å². The number of benzene rings is 1. The molecule has 0 atom stereocenters. The number of nitrogens with one attached hydrogen (secondary N) is 1. The summed E-state index contributed by atoms with van der Waals surface area (Å²) in [5, 5.41) is 2.48. The summed E-state index contributed by atoms with van der Waals surface area (Å²) in [6, 6.07) is 7.66. The summed E-state index contributed by atoms with van der Waals surface area (Å²) in [6.45, 7) is 0. The first-order valence-electron chi connectivity index (χ1n) is 6.66. The van der Waals surface area contributed by atoms with Crippen molar-refractivity contribution in [1.29, 1.82) is 0 Å². The minimum absolute atomic E-state index is 0.137. The predicted molar refractivity (Wildman–Crippen MR) is 83.5 cm³/mol. The first-order chi connectivity index (χ1) is 11.1. The number of halogens is 4. The van der Waals surface area contributed by atoms with E-state index in [-0.39, 0.29) is 22.7 Å². The van der Waals surface area contributed by atoms with Gasteiger partial charge in [-0.15, -0.1) is 0 Å². The predicted octanol–water partition coefficient (Wildman–Crippen LogP) is 4.64. The molecule has 9 heteroatoms. The van der Waals surface area contributed by atoms with Crippen molar-refractivity contribution in [2.24, 2.45) is 0 Å². The van der Waals surface area contributed by atoms with E-state index in [0.717, 1.165) is 0 Å². The van der Waals surface area contributed by atoms with E-state index in [4.69, 9.17) is 16.3 Å². The molecular formula is C15H13ClF3N3O2. The minimum Gasteiger partial charge on any atom is -0.439 e. The first kappa shape index (κ1) is 17.9. The molecule has 24 heavy (non-hydrogen) atoms. The quantitative estimate of drug-likeness (QED) is 0.868. The zero-order valence-corrected chi connectivity index (χ0v) is 13.4. The summed E-state index contributed by atoms with van der Waals surface area (Å²) >= 11 is 5.66. The third-order valence-corrected chi connectivity index (χ3v) is 3.01. The van der Waals surface area contributed by atoms with Gasteiger partial charge >= 0.3 is 12.2 Å². The van der Waals surface area contributed by atoms with Crippen molar-refractivity contribution in [2.45, 2.75) is 6.18 Å². The van der Waals surface area contributed by atoms with Crippen LogP contribution in [0.4, 0.5) is 23.7 Å². The summed E-state index contributed by atoms with van der Waals surface area (Å²) in [4.78, 5) is 16.3. The van der Waals surface area contributed by atoms with Crippen LogP contribution in [0.25, 0.3) is 0 Å². The van der Waals surface area contributed by atoms with Gasteiger partial charge < -0.3 is 15.0 Å². The fourth-order valence-electron chi connectivity index (χ4n) is 1.63. The maximum Gasteiger partial charge on any atom is 0.433 e. The lowest BCUT2D eigenvalue weighted by molar-refractivity contribution is -0.141. The molecule has 0 unspecified atom stereocenters. The van der Waals surface area contributed by atoms with Gasteiger partial charge in [0.25, 0.3) is 0 Å². The largest absolute Gasteiger partial charge is 0.439 e. The molecule has 2 amide bonds. The Morgan fingerprint density at radius 1 is 1.21 bits per heavy atom. The van der Waals surface area contributed by atoms with Crippen molar-refractivity contribution in [1.82, 2.24) is 9.88 Å². The van der Waals surface area contributed by atoms with Gasteiger partial charge in [-0.3, -0.25) is 0 Å². The molecule has 0 bridgehead atoms. The van der Waals surface area contributed by atoms with Gasteiger partial charge in [-0.2, -0.15) is 13.2 Å². The van der Waals surface area contributed by atoms with Gasteiger partial charge in [0, 0.05) is 30.9 Å². The Morgan fingerprint density at radius 2 is 1.83 bits per heavy atom. The first-order valence-corrected chi connectivity index (χ1v) is 7.04. The molecule has 0 aliphatic heterocycles. The van der Waals surface area contributed by atoms with Crippen molar-refractivity contribution >= 4 is 23.3 Å². The number of pyridine rings is 1. The molecule has 1 aromatic heterocycles. The van der Waals surface area contributed by atoms with Gasteiger partial charge in [-0.05, 0) is 30.3 Å². The average Bonchev–Trinajstić information content (AvgIpc) is 2.47. The highest BCUT2D eigenvalue weighted by Crippen LogP contribution is 2.32. The number of carbonyl (C=O) groups is 1. The molecule has 0 saturated heterocycles. The molecule has 0 saturated carbocycles. The van der Waals surface area contributed by atoms with Crippen LogP contribution in [-0.2, 0) is 6.18 Å². The fourth-order valence-corrected chi connectivity index (χ4v) is 1.83. The van der Waals surface area contributed by atoms with Crippen LogP contribution in [0.15, 0.2) is 36.4 Å². The van der Waals surface area contributed by atoms with Crippen LogP contribution < -0.4 is 10.1 Å². The molecule has 2 rings (SSSR count). The number of ether oxygens (including phenoxy) is 1. The van der Waals surface area contributed by atoms with Crippen LogP contribution in [0.2, 0.25) is 5.02 Å². The Kier molecular flexibility index (Phi) is 5.18. The maximum atomic E-state index is 12.7. The number of aromatic nitrogens is 1. The topological polar surface area (TPSA) is 54.5 Å². The lowest BCUT2D eigenvalue weighted by Crippen LogP contribution is -2.27. The summed E-state index contributed by atoms with van der Waals surface area (Å²) < 4.78 is 43.4. The molecule has 0 radical (unpaired) electrons. The van der Waals surface area contributed by atoms with Gasteiger partial charge in [0.1, 0.15) is 11.4 Å².